The molecule has 140 valence electrons. The molecule has 1 fully saturated rings. The van der Waals surface area contributed by atoms with Crippen LogP contribution in [0.2, 0.25) is 0 Å². The number of nitrogens with one attached hydrogen (secondary N) is 2. The van der Waals surface area contributed by atoms with Crippen LogP contribution >= 0.6 is 0 Å². The number of carbonyl (C=O) groups is 1. The molecule has 1 heterocycles. The summed E-state index contributed by atoms with van der Waals surface area (Å²) in [7, 11) is -3.20. The van der Waals surface area contributed by atoms with Crippen LogP contribution in [0.3, 0.4) is 0 Å². The van der Waals surface area contributed by atoms with E-state index in [1.54, 1.807) is 0 Å². The average Bonchev–Trinajstić information content (AvgIpc) is 2.56. The van der Waals surface area contributed by atoms with Crippen molar-refractivity contribution < 1.29 is 13.2 Å². The maximum atomic E-state index is 11.8. The molecular formula is C17H28N4O3S. The minimum absolute atomic E-state index is 0.0450. The maximum Gasteiger partial charge on any atom is 0.221 e. The lowest BCUT2D eigenvalue weighted by Gasteiger charge is -2.36. The maximum absolute atomic E-state index is 11.8. The van der Waals surface area contributed by atoms with Gasteiger partial charge in [-0.25, -0.2) is 13.1 Å². The van der Waals surface area contributed by atoms with Gasteiger partial charge in [0.15, 0.2) is 0 Å². The second-order valence-corrected chi connectivity index (χ2v) is 8.27. The summed E-state index contributed by atoms with van der Waals surface area (Å²) in [6.45, 7) is 7.17. The van der Waals surface area contributed by atoms with Gasteiger partial charge < -0.3 is 10.2 Å². The van der Waals surface area contributed by atoms with Crippen LogP contribution in [-0.4, -0.2) is 71.3 Å². The van der Waals surface area contributed by atoms with Gasteiger partial charge in [-0.05, 0) is 24.6 Å². The third kappa shape index (κ3) is 7.41. The zero-order valence-electron chi connectivity index (χ0n) is 15.0. The highest BCUT2D eigenvalue weighted by Crippen LogP contribution is 2.17. The highest BCUT2D eigenvalue weighted by atomic mass is 32.2. The number of rotatable bonds is 8. The van der Waals surface area contributed by atoms with Crippen molar-refractivity contribution in [3.63, 3.8) is 0 Å². The largest absolute Gasteiger partial charge is 0.369 e. The van der Waals surface area contributed by atoms with Crippen LogP contribution in [0.15, 0.2) is 24.3 Å². The first kappa shape index (κ1) is 19.7. The molecule has 1 saturated heterocycles. The number of anilines is 1. The second kappa shape index (κ2) is 9.17. The van der Waals surface area contributed by atoms with E-state index in [0.717, 1.165) is 39.0 Å². The molecule has 0 atom stereocenters. The van der Waals surface area contributed by atoms with Crippen molar-refractivity contribution in [3.8, 4) is 0 Å². The van der Waals surface area contributed by atoms with Crippen LogP contribution in [0.5, 0.6) is 0 Å². The minimum Gasteiger partial charge on any atom is -0.369 e. The molecule has 1 aromatic carbocycles. The zero-order valence-corrected chi connectivity index (χ0v) is 15.8. The number of benzene rings is 1. The Bertz CT molecular complexity index is 670. The fourth-order valence-corrected chi connectivity index (χ4v) is 3.31. The molecule has 8 heteroatoms. The van der Waals surface area contributed by atoms with Gasteiger partial charge in [-0.3, -0.25) is 9.69 Å². The van der Waals surface area contributed by atoms with Gasteiger partial charge in [0.1, 0.15) is 0 Å². The lowest BCUT2D eigenvalue weighted by Crippen LogP contribution is -2.47. The summed E-state index contributed by atoms with van der Waals surface area (Å²) in [6, 6.07) is 8.53. The first-order chi connectivity index (χ1) is 11.8. The Hall–Kier alpha value is -1.64. The second-order valence-electron chi connectivity index (χ2n) is 6.43. The summed E-state index contributed by atoms with van der Waals surface area (Å²) in [6.07, 6.45) is 1.54. The topological polar surface area (TPSA) is 81.8 Å². The van der Waals surface area contributed by atoms with E-state index >= 15 is 0 Å². The molecule has 1 aliphatic heterocycles. The molecule has 0 aromatic heterocycles. The molecule has 0 aliphatic carbocycles. The Kier molecular flexibility index (Phi) is 7.22. The SMILES string of the molecule is Cc1cccc(N2CCN(CCC(=O)NCCNS(C)(=O)=O)CC2)c1. The van der Waals surface area contributed by atoms with E-state index in [-0.39, 0.29) is 12.5 Å². The van der Waals surface area contributed by atoms with Crippen LogP contribution in [0, 0.1) is 6.92 Å². The molecule has 2 N–H and O–H groups in total. The minimum atomic E-state index is -3.20. The van der Waals surface area contributed by atoms with Gasteiger partial charge in [-0.2, -0.15) is 0 Å². The number of sulfonamides is 1. The summed E-state index contributed by atoms with van der Waals surface area (Å²) in [5, 5.41) is 2.73. The van der Waals surface area contributed by atoms with Crippen LogP contribution < -0.4 is 14.9 Å². The molecule has 1 amide bonds. The van der Waals surface area contributed by atoms with Gasteiger partial charge in [-0.15, -0.1) is 0 Å². The van der Waals surface area contributed by atoms with Crippen LogP contribution in [0.1, 0.15) is 12.0 Å². The van der Waals surface area contributed by atoms with Gasteiger partial charge in [0.25, 0.3) is 0 Å². The lowest BCUT2D eigenvalue weighted by atomic mass is 10.2. The standard InChI is InChI=1S/C17H28N4O3S/c1-15-4-3-5-16(14-15)21-12-10-20(11-13-21)9-6-17(22)18-7-8-19-25(2,23)24/h3-5,14,19H,6-13H2,1-2H3,(H,18,22). The molecule has 0 unspecified atom stereocenters. The normalized spacial score (nSPS) is 16.0. The van der Waals surface area contributed by atoms with Crippen molar-refractivity contribution >= 4 is 21.6 Å². The summed E-state index contributed by atoms with van der Waals surface area (Å²) in [5.74, 6) is -0.0450. The monoisotopic (exact) mass is 368 g/mol. The zero-order chi connectivity index (χ0) is 18.3. The predicted octanol–water partition coefficient (Wildman–Crippen LogP) is 0.173. The quantitative estimate of drug-likeness (QED) is 0.640. The van der Waals surface area contributed by atoms with Gasteiger partial charge in [0, 0.05) is 57.9 Å². The molecule has 25 heavy (non-hydrogen) atoms. The third-order valence-electron chi connectivity index (χ3n) is 4.21. The Morgan fingerprint density at radius 3 is 2.52 bits per heavy atom. The molecule has 0 spiro atoms. The number of aryl methyl sites for hydroxylation is 1. The van der Waals surface area contributed by atoms with Gasteiger partial charge in [0.2, 0.25) is 15.9 Å². The molecule has 0 radical (unpaired) electrons. The average molecular weight is 369 g/mol. The van der Waals surface area contributed by atoms with E-state index in [9.17, 15) is 13.2 Å². The Balaban J connectivity index is 1.62. The van der Waals surface area contributed by atoms with Crippen LogP contribution in [0.4, 0.5) is 5.69 Å². The number of nitrogens with zero attached hydrogens (tertiary/aromatic N) is 2. The number of carbonyl (C=O) groups excluding carboxylic acids is 1. The van der Waals surface area contributed by atoms with Crippen molar-refractivity contribution in [3.05, 3.63) is 29.8 Å². The first-order valence-electron chi connectivity index (χ1n) is 8.59. The highest BCUT2D eigenvalue weighted by molar-refractivity contribution is 7.88. The molecule has 2 rings (SSSR count). The number of hydrogen-bond acceptors (Lipinski definition) is 5. The molecule has 1 aromatic rings. The fourth-order valence-electron chi connectivity index (χ4n) is 2.84. The van der Waals surface area contributed by atoms with Crippen LogP contribution in [-0.2, 0) is 14.8 Å². The van der Waals surface area contributed by atoms with E-state index in [1.807, 2.05) is 0 Å². The van der Waals surface area contributed by atoms with E-state index in [2.05, 4.69) is 51.0 Å². The fraction of sp³-hybridized carbons (Fsp3) is 0.588. The smallest absolute Gasteiger partial charge is 0.221 e. The highest BCUT2D eigenvalue weighted by Gasteiger charge is 2.17. The van der Waals surface area contributed by atoms with Crippen molar-refractivity contribution in [1.82, 2.24) is 14.9 Å². The summed E-state index contributed by atoms with van der Waals surface area (Å²) in [4.78, 5) is 16.5. The van der Waals surface area contributed by atoms with E-state index in [0.29, 0.717) is 13.0 Å². The number of piperazine rings is 1. The van der Waals surface area contributed by atoms with E-state index in [1.165, 1.54) is 11.3 Å². The van der Waals surface area contributed by atoms with E-state index in [4.69, 9.17) is 0 Å². The molecule has 0 saturated carbocycles. The molecule has 1 aliphatic rings. The summed E-state index contributed by atoms with van der Waals surface area (Å²) >= 11 is 0. The number of hydrogen-bond donors (Lipinski definition) is 2. The third-order valence-corrected chi connectivity index (χ3v) is 4.93. The van der Waals surface area contributed by atoms with Crippen LogP contribution in [0.25, 0.3) is 0 Å². The Morgan fingerprint density at radius 1 is 1.16 bits per heavy atom. The van der Waals surface area contributed by atoms with Gasteiger partial charge in [0.05, 0.1) is 6.26 Å². The predicted molar refractivity (Wildman–Crippen MR) is 100 cm³/mol. The Morgan fingerprint density at radius 2 is 1.88 bits per heavy atom. The molecular weight excluding hydrogens is 340 g/mol. The summed E-state index contributed by atoms with van der Waals surface area (Å²) < 4.78 is 24.2. The summed E-state index contributed by atoms with van der Waals surface area (Å²) in [5.41, 5.74) is 2.53. The van der Waals surface area contributed by atoms with Gasteiger partial charge >= 0.3 is 0 Å². The van der Waals surface area contributed by atoms with Crippen molar-refractivity contribution in [2.24, 2.45) is 0 Å². The van der Waals surface area contributed by atoms with Crippen molar-refractivity contribution in [2.75, 3.05) is 57.0 Å². The van der Waals surface area contributed by atoms with E-state index < -0.39 is 10.0 Å². The Labute approximate surface area is 150 Å². The number of amides is 1. The molecule has 7 nitrogen and oxygen atoms in total. The molecule has 0 bridgehead atoms. The van der Waals surface area contributed by atoms with Crippen molar-refractivity contribution in [1.29, 1.82) is 0 Å². The van der Waals surface area contributed by atoms with Crippen molar-refractivity contribution in [2.45, 2.75) is 13.3 Å². The lowest BCUT2D eigenvalue weighted by molar-refractivity contribution is -0.121. The van der Waals surface area contributed by atoms with Gasteiger partial charge in [-0.1, -0.05) is 12.1 Å². The first-order valence-corrected chi connectivity index (χ1v) is 10.5.